The molecule has 3 aromatic rings. The Bertz CT molecular complexity index is 1240. The lowest BCUT2D eigenvalue weighted by Gasteiger charge is -2.14. The molecule has 1 fully saturated rings. The van der Waals surface area contributed by atoms with Gasteiger partial charge in [0, 0.05) is 22.6 Å². The molecule has 3 amide bonds. The monoisotopic (exact) mass is 417 g/mol. The summed E-state index contributed by atoms with van der Waals surface area (Å²) in [5.74, 6) is -0.914. The fraction of sp³-hybridized carbons (Fsp3) is 0.200. The number of hydrogen-bond donors (Lipinski definition) is 1. The number of carbonyl (C=O) groups is 2. The van der Waals surface area contributed by atoms with Crippen LogP contribution in [0.25, 0.3) is 11.8 Å². The lowest BCUT2D eigenvalue weighted by Crippen LogP contribution is -2.30. The summed E-state index contributed by atoms with van der Waals surface area (Å²) < 4.78 is 16.1. The summed E-state index contributed by atoms with van der Waals surface area (Å²) >= 11 is 0. The Morgan fingerprint density at radius 3 is 2.48 bits per heavy atom. The van der Waals surface area contributed by atoms with Crippen LogP contribution in [0.1, 0.15) is 33.6 Å². The van der Waals surface area contributed by atoms with E-state index in [1.165, 1.54) is 17.2 Å². The molecule has 0 aliphatic carbocycles. The van der Waals surface area contributed by atoms with Gasteiger partial charge in [-0.05, 0) is 68.7 Å². The molecule has 0 radical (unpaired) electrons. The first-order valence-electron chi connectivity index (χ1n) is 10.1. The minimum absolute atomic E-state index is 0.115. The van der Waals surface area contributed by atoms with Gasteiger partial charge in [-0.25, -0.2) is 9.18 Å². The zero-order valence-corrected chi connectivity index (χ0v) is 18.0. The Labute approximate surface area is 180 Å². The van der Waals surface area contributed by atoms with Gasteiger partial charge in [0.2, 0.25) is 0 Å². The zero-order valence-electron chi connectivity index (χ0n) is 18.0. The molecule has 1 aliphatic heterocycles. The number of aryl methyl sites for hydroxylation is 2. The number of nitrogens with one attached hydrogen (secondary N) is 1. The number of urea groups is 1. The smallest absolute Gasteiger partial charge is 0.318 e. The second-order valence-corrected chi connectivity index (χ2v) is 7.85. The summed E-state index contributed by atoms with van der Waals surface area (Å²) in [6.45, 7) is 8.04. The standard InChI is InChI=1S/C25H24FN3O2/c1-15-8-7-11-23(17(15)3)29-16(2)12-20(18(29)4)13-22-24(30)28(25(31)27-22)14-19-9-5-6-10-21(19)26/h5-13H,14H2,1-4H3,(H,27,31)/b22-13+. The number of imide groups is 1. The summed E-state index contributed by atoms with van der Waals surface area (Å²) in [5.41, 5.74) is 6.78. The molecule has 4 rings (SSSR count). The van der Waals surface area contributed by atoms with Gasteiger partial charge in [0.25, 0.3) is 5.91 Å². The fourth-order valence-electron chi connectivity index (χ4n) is 3.95. The topological polar surface area (TPSA) is 54.3 Å². The van der Waals surface area contributed by atoms with E-state index < -0.39 is 17.8 Å². The van der Waals surface area contributed by atoms with Crippen molar-refractivity contribution in [3.63, 3.8) is 0 Å². The van der Waals surface area contributed by atoms with Crippen LogP contribution >= 0.6 is 0 Å². The number of aromatic nitrogens is 1. The molecular weight excluding hydrogens is 393 g/mol. The number of halogens is 1. The van der Waals surface area contributed by atoms with Crippen LogP contribution in [0.15, 0.2) is 54.2 Å². The minimum Gasteiger partial charge on any atom is -0.318 e. The van der Waals surface area contributed by atoms with Gasteiger partial charge in [-0.15, -0.1) is 0 Å². The normalized spacial score (nSPS) is 15.1. The molecule has 6 heteroatoms. The van der Waals surface area contributed by atoms with Crippen LogP contribution < -0.4 is 5.32 Å². The molecular formula is C25H24FN3O2. The summed E-state index contributed by atoms with van der Waals surface area (Å²) in [4.78, 5) is 26.3. The number of amides is 3. The van der Waals surface area contributed by atoms with Gasteiger partial charge >= 0.3 is 6.03 Å². The fourth-order valence-corrected chi connectivity index (χ4v) is 3.95. The van der Waals surface area contributed by atoms with Crippen molar-refractivity contribution in [3.05, 3.63) is 93.7 Å². The van der Waals surface area contributed by atoms with Crippen LogP contribution in [-0.4, -0.2) is 21.4 Å². The van der Waals surface area contributed by atoms with Gasteiger partial charge in [0.1, 0.15) is 11.5 Å². The highest BCUT2D eigenvalue weighted by Crippen LogP contribution is 2.27. The second-order valence-electron chi connectivity index (χ2n) is 7.85. The van der Waals surface area contributed by atoms with E-state index in [0.717, 1.165) is 27.5 Å². The van der Waals surface area contributed by atoms with E-state index in [2.05, 4.69) is 35.9 Å². The maximum absolute atomic E-state index is 14.0. The number of hydrogen-bond acceptors (Lipinski definition) is 2. The van der Waals surface area contributed by atoms with Crippen molar-refractivity contribution in [2.45, 2.75) is 34.2 Å². The van der Waals surface area contributed by atoms with Gasteiger partial charge in [0.05, 0.1) is 6.54 Å². The SMILES string of the molecule is Cc1cccc(-n2c(C)cc(/C=C3/NC(=O)N(Cc4ccccc4F)C3=O)c2C)c1C. The lowest BCUT2D eigenvalue weighted by atomic mass is 10.1. The summed E-state index contributed by atoms with van der Waals surface area (Å²) in [6.07, 6.45) is 1.69. The average molecular weight is 417 g/mol. The number of nitrogens with zero attached hydrogens (tertiary/aromatic N) is 2. The van der Waals surface area contributed by atoms with Crippen LogP contribution in [0.5, 0.6) is 0 Å². The first-order valence-corrected chi connectivity index (χ1v) is 10.1. The molecule has 2 aromatic carbocycles. The van der Waals surface area contributed by atoms with E-state index in [9.17, 15) is 14.0 Å². The Morgan fingerprint density at radius 2 is 1.74 bits per heavy atom. The first kappa shape index (κ1) is 20.6. The van der Waals surface area contributed by atoms with Crippen LogP contribution in [0.2, 0.25) is 0 Å². The molecule has 0 bridgehead atoms. The highest BCUT2D eigenvalue weighted by molar-refractivity contribution is 6.14. The minimum atomic E-state index is -0.553. The highest BCUT2D eigenvalue weighted by atomic mass is 19.1. The van der Waals surface area contributed by atoms with Crippen molar-refractivity contribution in [1.82, 2.24) is 14.8 Å². The van der Waals surface area contributed by atoms with Gasteiger partial charge in [-0.1, -0.05) is 30.3 Å². The molecule has 1 N–H and O–H groups in total. The molecule has 0 atom stereocenters. The van der Waals surface area contributed by atoms with Crippen molar-refractivity contribution < 1.29 is 14.0 Å². The van der Waals surface area contributed by atoms with Crippen molar-refractivity contribution >= 4 is 18.0 Å². The van der Waals surface area contributed by atoms with E-state index in [1.54, 1.807) is 24.3 Å². The lowest BCUT2D eigenvalue weighted by molar-refractivity contribution is -0.123. The van der Waals surface area contributed by atoms with Gasteiger partial charge in [-0.3, -0.25) is 9.69 Å². The van der Waals surface area contributed by atoms with E-state index in [4.69, 9.17) is 0 Å². The molecule has 2 heterocycles. The Balaban J connectivity index is 1.67. The molecule has 5 nitrogen and oxygen atoms in total. The maximum Gasteiger partial charge on any atom is 0.329 e. The number of carbonyl (C=O) groups excluding carboxylic acids is 2. The van der Waals surface area contributed by atoms with Crippen LogP contribution in [0.4, 0.5) is 9.18 Å². The summed E-state index contributed by atoms with van der Waals surface area (Å²) in [6, 6.07) is 13.7. The summed E-state index contributed by atoms with van der Waals surface area (Å²) in [7, 11) is 0. The molecule has 0 saturated carbocycles. The summed E-state index contributed by atoms with van der Waals surface area (Å²) in [5, 5.41) is 2.62. The molecule has 1 saturated heterocycles. The highest BCUT2D eigenvalue weighted by Gasteiger charge is 2.34. The molecule has 1 aromatic heterocycles. The third-order valence-electron chi connectivity index (χ3n) is 5.84. The van der Waals surface area contributed by atoms with E-state index in [1.807, 2.05) is 26.0 Å². The quantitative estimate of drug-likeness (QED) is 0.483. The van der Waals surface area contributed by atoms with Gasteiger partial charge < -0.3 is 9.88 Å². The zero-order chi connectivity index (χ0) is 22.3. The van der Waals surface area contributed by atoms with Crippen molar-refractivity contribution in [2.24, 2.45) is 0 Å². The van der Waals surface area contributed by atoms with Crippen molar-refractivity contribution in [1.29, 1.82) is 0 Å². The molecule has 158 valence electrons. The predicted octanol–water partition coefficient (Wildman–Crippen LogP) is 4.94. The third-order valence-corrected chi connectivity index (χ3v) is 5.84. The Morgan fingerprint density at radius 1 is 1.00 bits per heavy atom. The predicted molar refractivity (Wildman–Crippen MR) is 118 cm³/mol. The van der Waals surface area contributed by atoms with E-state index in [0.29, 0.717) is 5.56 Å². The van der Waals surface area contributed by atoms with Crippen molar-refractivity contribution in [2.75, 3.05) is 0 Å². The average Bonchev–Trinajstić information content (AvgIpc) is 3.15. The van der Waals surface area contributed by atoms with Crippen molar-refractivity contribution in [3.8, 4) is 5.69 Å². The van der Waals surface area contributed by atoms with E-state index >= 15 is 0 Å². The number of benzene rings is 2. The van der Waals surface area contributed by atoms with Gasteiger partial charge in [0.15, 0.2) is 0 Å². The maximum atomic E-state index is 14.0. The second kappa shape index (κ2) is 7.87. The Hall–Kier alpha value is -3.67. The molecule has 0 spiro atoms. The number of rotatable bonds is 4. The third kappa shape index (κ3) is 3.65. The van der Waals surface area contributed by atoms with Gasteiger partial charge in [-0.2, -0.15) is 0 Å². The molecule has 1 aliphatic rings. The largest absolute Gasteiger partial charge is 0.329 e. The Kier molecular flexibility index (Phi) is 5.23. The van der Waals surface area contributed by atoms with Crippen LogP contribution in [0, 0.1) is 33.5 Å². The van der Waals surface area contributed by atoms with Crippen LogP contribution in [-0.2, 0) is 11.3 Å². The first-order chi connectivity index (χ1) is 14.8. The van der Waals surface area contributed by atoms with E-state index in [-0.39, 0.29) is 12.2 Å². The van der Waals surface area contributed by atoms with Crippen LogP contribution in [0.3, 0.4) is 0 Å². The molecule has 0 unspecified atom stereocenters. The molecule has 31 heavy (non-hydrogen) atoms.